The van der Waals surface area contributed by atoms with Crippen LogP contribution in [-0.4, -0.2) is 157 Å². The molecule has 3 fully saturated rings. The van der Waals surface area contributed by atoms with Crippen LogP contribution in [0.1, 0.15) is 109 Å². The van der Waals surface area contributed by atoms with Crippen molar-refractivity contribution in [2.45, 2.75) is 114 Å². The summed E-state index contributed by atoms with van der Waals surface area (Å²) in [5.41, 5.74) is 20.5. The number of aliphatic hydroxyl groups excluding tert-OH is 6. The van der Waals surface area contributed by atoms with Crippen LogP contribution in [0, 0.1) is 107 Å². The van der Waals surface area contributed by atoms with Crippen LogP contribution in [0.15, 0.2) is 72.8 Å². The fourth-order valence-electron chi connectivity index (χ4n) is 8.72. The van der Waals surface area contributed by atoms with Crippen LogP contribution in [0.4, 0.5) is 0 Å². The molecule has 0 heterocycles. The number of aliphatic hydroxyl groups is 6. The highest BCUT2D eigenvalue weighted by molar-refractivity contribution is 5.99. The highest BCUT2D eigenvalue weighted by Crippen LogP contribution is 2.35. The maximum absolute atomic E-state index is 12.4. The Labute approximate surface area is 505 Å². The molecule has 5 amide bonds. The monoisotopic (exact) mass is 1200 g/mol. The fraction of sp³-hybridized carbons (Fsp3) is 0.438. The smallest absolute Gasteiger partial charge is 0.330 e. The van der Waals surface area contributed by atoms with E-state index in [9.17, 15) is 44.1 Å². The van der Waals surface area contributed by atoms with E-state index in [1.807, 2.05) is 0 Å². The normalized spacial score (nSPS) is 21.4. The first-order valence-electron chi connectivity index (χ1n) is 27.5. The number of carbonyl (C=O) groups excluding carboxylic acids is 6. The number of ether oxygens (including phenoxy) is 1. The van der Waals surface area contributed by atoms with E-state index in [4.69, 9.17) is 47.7 Å². The van der Waals surface area contributed by atoms with Crippen molar-refractivity contribution in [2.75, 3.05) is 26.9 Å². The summed E-state index contributed by atoms with van der Waals surface area (Å²) in [6, 6.07) is 16.1. The molecule has 3 aliphatic rings. The minimum Gasteiger partial charge on any atom is -0.467 e. The molecule has 0 aromatic heterocycles. The van der Waals surface area contributed by atoms with Crippen molar-refractivity contribution < 1.29 is 74.6 Å². The fourth-order valence-corrected chi connectivity index (χ4v) is 8.72. The molecule has 23 heteroatoms. The Morgan fingerprint density at radius 3 is 0.931 bits per heavy atom. The first-order valence-corrected chi connectivity index (χ1v) is 27.5. The summed E-state index contributed by atoms with van der Waals surface area (Å²) in [6.07, 6.45) is 0.139. The van der Waals surface area contributed by atoms with Crippen LogP contribution in [0.2, 0.25) is 0 Å². The quantitative estimate of drug-likeness (QED) is 0.0367. The molecule has 0 radical (unpaired) electrons. The van der Waals surface area contributed by atoms with E-state index in [0.29, 0.717) is 52.6 Å². The SMILES string of the molecule is CC(C)(N)[C@H](NC(=O)c1ccc(C#CC#CC2C[C@@H](O)[C@@H]2CO)cc1)C(=O)NO.CC(C)(N)[C@H](NC(=O)c1ccc(C#CC#CC2C[C@H](O)[C@@H]2CO)cc1)C(=O)NO.COC(=O)[C@@H](NC(=O)c1ccc(C#CC#CC2CC(O)[C@@H]2CO)cc1)C(C)(C)N. The molecule has 0 spiro atoms. The molecule has 12 atom stereocenters. The van der Waals surface area contributed by atoms with E-state index < -0.39 is 88.6 Å². The number of hydroxylamine groups is 2. The Balaban J connectivity index is 0.000000279. The zero-order valence-electron chi connectivity index (χ0n) is 49.3. The van der Waals surface area contributed by atoms with Crippen LogP contribution >= 0.6 is 0 Å². The van der Waals surface area contributed by atoms with Crippen molar-refractivity contribution in [1.29, 1.82) is 0 Å². The maximum Gasteiger partial charge on any atom is 0.330 e. The Bertz CT molecular complexity index is 2950. The minimum absolute atomic E-state index is 0.0371. The second-order valence-corrected chi connectivity index (χ2v) is 22.7. The van der Waals surface area contributed by atoms with Crippen LogP contribution < -0.4 is 44.1 Å². The van der Waals surface area contributed by atoms with Crippen molar-refractivity contribution in [3.8, 4) is 71.0 Å². The summed E-state index contributed by atoms with van der Waals surface area (Å²) < 4.78 is 4.71. The molecule has 3 aliphatic carbocycles. The minimum atomic E-state index is -1.12. The molecule has 0 saturated heterocycles. The van der Waals surface area contributed by atoms with Gasteiger partial charge in [0.15, 0.2) is 0 Å². The number of methoxy groups -OCH3 is 1. The summed E-state index contributed by atoms with van der Waals surface area (Å²) in [5, 5.41) is 81.2. The van der Waals surface area contributed by atoms with E-state index in [1.165, 1.54) is 18.1 Å². The zero-order chi connectivity index (χ0) is 64.8. The molecular weight excluding hydrogens is 1120 g/mol. The molecular formula is C64H76N8O15. The third kappa shape index (κ3) is 21.1. The lowest BCUT2D eigenvalue weighted by Crippen LogP contribution is -2.61. The van der Waals surface area contributed by atoms with E-state index >= 15 is 0 Å². The molecule has 87 heavy (non-hydrogen) atoms. The number of benzene rings is 3. The topological polar surface area (TPSA) is 412 Å². The lowest BCUT2D eigenvalue weighted by atomic mass is 9.72. The highest BCUT2D eigenvalue weighted by atomic mass is 16.5. The van der Waals surface area contributed by atoms with Crippen LogP contribution in [0.5, 0.6) is 0 Å². The standard InChI is InChI=1S/C22H26N2O5.2C21H25N3O5/c1-22(2,23)19(21(28)29-3)24-20(27)15-10-8-14(9-11-15)6-4-5-7-16-12-18(26)17(16)13-25;2*1-21(2,22)18(20(28)24-29)23-19(27)14-9-7-13(8-10-14)5-3-4-6-15-11-17(26)16(15)12-25/h8-11,16-19,25-26H,12-13,23H2,1-3H3,(H,24,27);2*7-10,15-18,25-26,29H,11-12,22H2,1-2H3,(H,23,27)(H,24,28)/t16?,17-,18?,19-;15?,16-,17+,18-;15?,16-,17-,18-/m111/s1. The van der Waals surface area contributed by atoms with Crippen molar-refractivity contribution in [2.24, 2.45) is 52.7 Å². The molecule has 462 valence electrons. The predicted molar refractivity (Wildman–Crippen MR) is 318 cm³/mol. The summed E-state index contributed by atoms with van der Waals surface area (Å²) in [4.78, 5) is 72.5. The molecule has 19 N–H and O–H groups in total. The van der Waals surface area contributed by atoms with Gasteiger partial charge in [-0.1, -0.05) is 35.5 Å². The predicted octanol–water partition coefficient (Wildman–Crippen LogP) is -1.22. The van der Waals surface area contributed by atoms with Gasteiger partial charge in [-0.3, -0.25) is 34.4 Å². The van der Waals surface area contributed by atoms with Gasteiger partial charge in [-0.25, -0.2) is 15.8 Å². The van der Waals surface area contributed by atoms with Crippen molar-refractivity contribution in [3.05, 3.63) is 106 Å². The second-order valence-electron chi connectivity index (χ2n) is 22.7. The molecule has 3 saturated carbocycles. The van der Waals surface area contributed by atoms with Gasteiger partial charge in [0.25, 0.3) is 29.5 Å². The van der Waals surface area contributed by atoms with E-state index in [-0.39, 0.29) is 55.3 Å². The molecule has 23 nitrogen and oxygen atoms in total. The van der Waals surface area contributed by atoms with Gasteiger partial charge >= 0.3 is 5.97 Å². The Morgan fingerprint density at radius 2 is 0.724 bits per heavy atom. The molecule has 3 aromatic carbocycles. The molecule has 0 aliphatic heterocycles. The summed E-state index contributed by atoms with van der Waals surface area (Å²) >= 11 is 0. The van der Waals surface area contributed by atoms with Crippen molar-refractivity contribution in [1.82, 2.24) is 26.9 Å². The van der Waals surface area contributed by atoms with Crippen LogP contribution in [-0.2, 0) is 19.1 Å². The number of carbonyl (C=O) groups is 6. The van der Waals surface area contributed by atoms with E-state index in [1.54, 1.807) is 114 Å². The summed E-state index contributed by atoms with van der Waals surface area (Å²) in [7, 11) is 1.24. The third-order valence-electron chi connectivity index (χ3n) is 14.4. The number of nitrogens with two attached hydrogens (primary N) is 3. The number of hydrogen-bond acceptors (Lipinski definition) is 18. The number of rotatable bonds is 15. The number of nitrogens with one attached hydrogen (secondary N) is 5. The van der Waals surface area contributed by atoms with Gasteiger partial charge in [-0.2, -0.15) is 0 Å². The number of amides is 5. The second kappa shape index (κ2) is 32.8. The maximum atomic E-state index is 12.4. The first-order chi connectivity index (χ1) is 41.0. The van der Waals surface area contributed by atoms with Crippen molar-refractivity contribution in [3.63, 3.8) is 0 Å². The lowest BCUT2D eigenvalue weighted by Gasteiger charge is -2.37. The zero-order valence-corrected chi connectivity index (χ0v) is 49.3. The first kappa shape index (κ1) is 70.9. The molecule has 0 bridgehead atoms. The van der Waals surface area contributed by atoms with Gasteiger partial charge in [-0.05, 0) is 169 Å². The van der Waals surface area contributed by atoms with Gasteiger partial charge in [-0.15, -0.1) is 0 Å². The average Bonchev–Trinajstić information content (AvgIpc) is 2.78. The lowest BCUT2D eigenvalue weighted by molar-refractivity contribution is -0.144. The van der Waals surface area contributed by atoms with Crippen molar-refractivity contribution >= 4 is 35.5 Å². The average molecular weight is 1200 g/mol. The van der Waals surface area contributed by atoms with Crippen LogP contribution in [0.3, 0.4) is 0 Å². The molecule has 6 rings (SSSR count). The van der Waals surface area contributed by atoms with Gasteiger partial charge in [0.1, 0.15) is 18.1 Å². The molecule has 3 aromatic rings. The summed E-state index contributed by atoms with van der Waals surface area (Å²) in [6.45, 7) is 9.19. The Morgan fingerprint density at radius 1 is 0.471 bits per heavy atom. The third-order valence-corrected chi connectivity index (χ3v) is 14.4. The largest absolute Gasteiger partial charge is 0.467 e. The Kier molecular flexibility index (Phi) is 26.7. The van der Waals surface area contributed by atoms with Gasteiger partial charge < -0.3 is 68.5 Å². The highest BCUT2D eigenvalue weighted by Gasteiger charge is 2.41. The molecule has 4 unspecified atom stereocenters. The number of hydrogen-bond donors (Lipinski definition) is 16. The van der Waals surface area contributed by atoms with Crippen LogP contribution in [0.25, 0.3) is 0 Å². The van der Waals surface area contributed by atoms with Gasteiger partial charge in [0.2, 0.25) is 0 Å². The summed E-state index contributed by atoms with van der Waals surface area (Å²) in [5.74, 6) is 29.2. The van der Waals surface area contributed by atoms with E-state index in [2.05, 4.69) is 87.0 Å². The van der Waals surface area contributed by atoms with Gasteiger partial charge in [0, 0.05) is 105 Å². The Hall–Kier alpha value is -8.60. The van der Waals surface area contributed by atoms with E-state index in [0.717, 1.165) is 0 Å². The number of esters is 1. The van der Waals surface area contributed by atoms with Gasteiger partial charge in [0.05, 0.1) is 25.4 Å².